The molecule has 0 spiro atoms. The van der Waals surface area contributed by atoms with E-state index in [1.54, 1.807) is 0 Å². The van der Waals surface area contributed by atoms with E-state index in [1.165, 1.54) is 25.7 Å². The van der Waals surface area contributed by atoms with Gasteiger partial charge in [0.15, 0.2) is 5.75 Å². The molecule has 2 nitrogen and oxygen atoms in total. The Morgan fingerprint density at radius 2 is 2.07 bits per heavy atom. The van der Waals surface area contributed by atoms with Crippen molar-refractivity contribution < 1.29 is 4.74 Å². The van der Waals surface area contributed by atoms with Crippen molar-refractivity contribution in [2.75, 3.05) is 12.3 Å². The zero-order valence-electron chi connectivity index (χ0n) is 8.71. The van der Waals surface area contributed by atoms with Crippen molar-refractivity contribution in [3.05, 3.63) is 22.7 Å². The van der Waals surface area contributed by atoms with Gasteiger partial charge in [-0.15, -0.1) is 0 Å². The SMILES string of the molecule is Nc1cccc(Br)c1OCC1CCCC1. The lowest BCUT2D eigenvalue weighted by molar-refractivity contribution is 0.252. The summed E-state index contributed by atoms with van der Waals surface area (Å²) in [4.78, 5) is 0. The van der Waals surface area contributed by atoms with Crippen molar-refractivity contribution in [2.45, 2.75) is 25.7 Å². The van der Waals surface area contributed by atoms with Crippen molar-refractivity contribution >= 4 is 21.6 Å². The van der Waals surface area contributed by atoms with E-state index in [4.69, 9.17) is 10.5 Å². The van der Waals surface area contributed by atoms with Gasteiger partial charge in [-0.05, 0) is 46.8 Å². The maximum absolute atomic E-state index is 5.85. The molecule has 3 heteroatoms. The van der Waals surface area contributed by atoms with Gasteiger partial charge < -0.3 is 10.5 Å². The molecule has 82 valence electrons. The quantitative estimate of drug-likeness (QED) is 0.852. The summed E-state index contributed by atoms with van der Waals surface area (Å²) in [6.07, 6.45) is 5.29. The summed E-state index contributed by atoms with van der Waals surface area (Å²) in [6, 6.07) is 5.75. The van der Waals surface area contributed by atoms with Crippen LogP contribution in [0.4, 0.5) is 5.69 Å². The molecular formula is C12H16BrNO. The number of ether oxygens (including phenoxy) is 1. The minimum Gasteiger partial charge on any atom is -0.490 e. The predicted octanol–water partition coefficient (Wildman–Crippen LogP) is 3.60. The highest BCUT2D eigenvalue weighted by atomic mass is 79.9. The second-order valence-electron chi connectivity index (χ2n) is 4.12. The average Bonchev–Trinajstić information content (AvgIpc) is 2.70. The molecule has 1 aromatic rings. The fourth-order valence-electron chi connectivity index (χ4n) is 2.06. The second kappa shape index (κ2) is 4.88. The Morgan fingerprint density at radius 1 is 1.33 bits per heavy atom. The first kappa shape index (κ1) is 10.8. The van der Waals surface area contributed by atoms with Gasteiger partial charge in [-0.3, -0.25) is 0 Å². The van der Waals surface area contributed by atoms with Crippen LogP contribution in [0.5, 0.6) is 5.75 Å². The van der Waals surface area contributed by atoms with Crippen LogP contribution in [-0.4, -0.2) is 6.61 Å². The van der Waals surface area contributed by atoms with E-state index in [0.717, 1.165) is 22.7 Å². The first-order valence-corrected chi connectivity index (χ1v) is 6.23. The molecule has 15 heavy (non-hydrogen) atoms. The molecular weight excluding hydrogens is 254 g/mol. The highest BCUT2D eigenvalue weighted by molar-refractivity contribution is 9.10. The number of para-hydroxylation sites is 1. The van der Waals surface area contributed by atoms with Gasteiger partial charge in [-0.2, -0.15) is 0 Å². The topological polar surface area (TPSA) is 35.2 Å². The average molecular weight is 270 g/mol. The molecule has 0 heterocycles. The van der Waals surface area contributed by atoms with Gasteiger partial charge in [0.2, 0.25) is 0 Å². The summed E-state index contributed by atoms with van der Waals surface area (Å²) in [6.45, 7) is 0.798. The number of hydrogen-bond donors (Lipinski definition) is 1. The minimum absolute atomic E-state index is 0.711. The lowest BCUT2D eigenvalue weighted by Crippen LogP contribution is -2.09. The largest absolute Gasteiger partial charge is 0.490 e. The number of rotatable bonds is 3. The van der Waals surface area contributed by atoms with Crippen molar-refractivity contribution in [3.8, 4) is 5.75 Å². The Labute approximate surface area is 98.9 Å². The smallest absolute Gasteiger partial charge is 0.156 e. The lowest BCUT2D eigenvalue weighted by atomic mass is 10.1. The van der Waals surface area contributed by atoms with E-state index in [-0.39, 0.29) is 0 Å². The molecule has 0 atom stereocenters. The molecule has 0 saturated heterocycles. The first-order valence-electron chi connectivity index (χ1n) is 5.44. The summed E-state index contributed by atoms with van der Waals surface area (Å²) in [5.41, 5.74) is 6.56. The third-order valence-corrected chi connectivity index (χ3v) is 3.56. The summed E-state index contributed by atoms with van der Waals surface area (Å²) in [7, 11) is 0. The summed E-state index contributed by atoms with van der Waals surface area (Å²) >= 11 is 3.45. The number of halogens is 1. The van der Waals surface area contributed by atoms with Gasteiger partial charge in [0.1, 0.15) is 0 Å². The van der Waals surface area contributed by atoms with Crippen LogP contribution in [0.15, 0.2) is 22.7 Å². The Morgan fingerprint density at radius 3 is 2.73 bits per heavy atom. The molecule has 0 radical (unpaired) electrons. The van der Waals surface area contributed by atoms with Gasteiger partial charge in [0, 0.05) is 0 Å². The van der Waals surface area contributed by atoms with E-state index in [1.807, 2.05) is 18.2 Å². The van der Waals surface area contributed by atoms with Crippen LogP contribution >= 0.6 is 15.9 Å². The summed E-state index contributed by atoms with van der Waals surface area (Å²) < 4.78 is 6.72. The standard InChI is InChI=1S/C12H16BrNO/c13-10-6-3-7-11(14)12(10)15-8-9-4-1-2-5-9/h3,6-7,9H,1-2,4-5,8,14H2. The van der Waals surface area contributed by atoms with E-state index >= 15 is 0 Å². The van der Waals surface area contributed by atoms with Crippen LogP contribution in [0.2, 0.25) is 0 Å². The monoisotopic (exact) mass is 269 g/mol. The normalized spacial score (nSPS) is 16.9. The molecule has 0 unspecified atom stereocenters. The summed E-state index contributed by atoms with van der Waals surface area (Å²) in [5.74, 6) is 1.51. The molecule has 0 amide bonds. The number of nitrogens with two attached hydrogens (primary N) is 1. The highest BCUT2D eigenvalue weighted by Gasteiger charge is 2.16. The summed E-state index contributed by atoms with van der Waals surface area (Å²) in [5, 5.41) is 0. The number of anilines is 1. The Hall–Kier alpha value is -0.700. The Kier molecular flexibility index (Phi) is 3.52. The van der Waals surface area contributed by atoms with Crippen LogP contribution < -0.4 is 10.5 Å². The van der Waals surface area contributed by atoms with Crippen molar-refractivity contribution in [2.24, 2.45) is 5.92 Å². The van der Waals surface area contributed by atoms with Crippen LogP contribution in [0, 0.1) is 5.92 Å². The van der Waals surface area contributed by atoms with Crippen LogP contribution in [0.25, 0.3) is 0 Å². The molecule has 0 aliphatic heterocycles. The van der Waals surface area contributed by atoms with Gasteiger partial charge in [0.05, 0.1) is 16.8 Å². The molecule has 1 fully saturated rings. The van der Waals surface area contributed by atoms with Gasteiger partial charge >= 0.3 is 0 Å². The van der Waals surface area contributed by atoms with Crippen molar-refractivity contribution in [3.63, 3.8) is 0 Å². The number of benzene rings is 1. The molecule has 1 aliphatic carbocycles. The van der Waals surface area contributed by atoms with Crippen LogP contribution in [0.3, 0.4) is 0 Å². The van der Waals surface area contributed by atoms with Crippen LogP contribution in [-0.2, 0) is 0 Å². The number of hydrogen-bond acceptors (Lipinski definition) is 2. The van der Waals surface area contributed by atoms with Gasteiger partial charge in [-0.1, -0.05) is 18.9 Å². The third kappa shape index (κ3) is 2.65. The van der Waals surface area contributed by atoms with E-state index in [9.17, 15) is 0 Å². The maximum Gasteiger partial charge on any atom is 0.156 e. The van der Waals surface area contributed by atoms with Crippen molar-refractivity contribution in [1.82, 2.24) is 0 Å². The zero-order valence-corrected chi connectivity index (χ0v) is 10.3. The van der Waals surface area contributed by atoms with E-state index < -0.39 is 0 Å². The van der Waals surface area contributed by atoms with Crippen LogP contribution in [0.1, 0.15) is 25.7 Å². The Bertz CT molecular complexity index is 314. The molecule has 1 aliphatic rings. The first-order chi connectivity index (χ1) is 7.27. The minimum atomic E-state index is 0.711. The third-order valence-electron chi connectivity index (χ3n) is 2.94. The fraction of sp³-hybridized carbons (Fsp3) is 0.500. The van der Waals surface area contributed by atoms with Crippen molar-refractivity contribution in [1.29, 1.82) is 0 Å². The Balaban J connectivity index is 1.97. The molecule has 0 aromatic heterocycles. The molecule has 2 rings (SSSR count). The molecule has 1 aromatic carbocycles. The molecule has 0 bridgehead atoms. The number of nitrogen functional groups attached to an aromatic ring is 1. The molecule has 1 saturated carbocycles. The maximum atomic E-state index is 5.85. The molecule has 2 N–H and O–H groups in total. The van der Waals surface area contributed by atoms with Gasteiger partial charge in [-0.25, -0.2) is 0 Å². The van der Waals surface area contributed by atoms with E-state index in [2.05, 4.69) is 15.9 Å². The van der Waals surface area contributed by atoms with Gasteiger partial charge in [0.25, 0.3) is 0 Å². The lowest BCUT2D eigenvalue weighted by Gasteiger charge is -2.14. The predicted molar refractivity (Wildman–Crippen MR) is 66.0 cm³/mol. The second-order valence-corrected chi connectivity index (χ2v) is 4.97. The zero-order chi connectivity index (χ0) is 10.7. The fourth-order valence-corrected chi connectivity index (χ4v) is 2.55. The van der Waals surface area contributed by atoms with E-state index in [0.29, 0.717) is 5.69 Å². The highest BCUT2D eigenvalue weighted by Crippen LogP contribution is 2.33.